The molecule has 0 aromatic heterocycles. The monoisotopic (exact) mass is 323 g/mol. The van der Waals surface area contributed by atoms with Crippen LogP contribution in [0.2, 0.25) is 0 Å². The number of rotatable bonds is 7. The summed E-state index contributed by atoms with van der Waals surface area (Å²) in [6.45, 7) is 3.56. The topological polar surface area (TPSA) is 82.4 Å². The van der Waals surface area contributed by atoms with Gasteiger partial charge in [0.15, 0.2) is 6.10 Å². The predicted octanol–water partition coefficient (Wildman–Crippen LogP) is 1.99. The van der Waals surface area contributed by atoms with Crippen LogP contribution in [0.15, 0.2) is 0 Å². The van der Waals surface area contributed by atoms with E-state index in [0.717, 1.165) is 25.7 Å². The molecule has 1 saturated carbocycles. The van der Waals surface area contributed by atoms with Gasteiger partial charge in [-0.15, -0.1) is 0 Å². The normalized spacial score (nSPS) is 19.5. The van der Waals surface area contributed by atoms with Gasteiger partial charge in [-0.05, 0) is 40.3 Å². The summed E-state index contributed by atoms with van der Waals surface area (Å²) in [5.41, 5.74) is -0.805. The Morgan fingerprint density at radius 3 is 2.39 bits per heavy atom. The molecule has 1 fully saturated rings. The predicted molar refractivity (Wildman–Crippen MR) is 87.5 cm³/mol. The Kier molecular flexibility index (Phi) is 7.50. The summed E-state index contributed by atoms with van der Waals surface area (Å²) in [6, 6.07) is 1.89. The van der Waals surface area contributed by atoms with Gasteiger partial charge in [-0.2, -0.15) is 5.26 Å². The first-order chi connectivity index (χ1) is 10.8. The fourth-order valence-electron chi connectivity index (χ4n) is 2.92. The Hall–Kier alpha value is -1.61. The van der Waals surface area contributed by atoms with Gasteiger partial charge in [-0.1, -0.05) is 32.6 Å². The van der Waals surface area contributed by atoms with E-state index in [9.17, 15) is 14.9 Å². The zero-order valence-corrected chi connectivity index (χ0v) is 14.7. The minimum Gasteiger partial charge on any atom is -0.451 e. The van der Waals surface area contributed by atoms with E-state index in [1.807, 2.05) is 21.0 Å². The number of ether oxygens (including phenoxy) is 1. The third-order valence-corrected chi connectivity index (χ3v) is 4.40. The average molecular weight is 323 g/mol. The smallest absolute Gasteiger partial charge is 0.324 e. The second kappa shape index (κ2) is 8.88. The lowest BCUT2D eigenvalue weighted by atomic mass is 9.83. The van der Waals surface area contributed by atoms with Crippen LogP contribution in [0, 0.1) is 11.3 Å². The first-order valence-electron chi connectivity index (χ1n) is 8.45. The number of nitrogens with one attached hydrogen (secondary N) is 1. The molecule has 0 aromatic rings. The van der Waals surface area contributed by atoms with Gasteiger partial charge in [-0.25, -0.2) is 0 Å². The molecule has 2 atom stereocenters. The largest absolute Gasteiger partial charge is 0.451 e. The van der Waals surface area contributed by atoms with Gasteiger partial charge in [0.25, 0.3) is 5.91 Å². The van der Waals surface area contributed by atoms with Crippen molar-refractivity contribution >= 4 is 11.9 Å². The minimum absolute atomic E-state index is 0.352. The highest BCUT2D eigenvalue weighted by molar-refractivity contribution is 5.85. The van der Waals surface area contributed by atoms with Crippen LogP contribution in [0.4, 0.5) is 0 Å². The van der Waals surface area contributed by atoms with Crippen LogP contribution in [0.3, 0.4) is 0 Å². The number of likely N-dealkylation sites (N-methyl/N-ethyl adjacent to an activating group) is 1. The molecular formula is C17H29N3O3. The molecule has 0 aliphatic heterocycles. The van der Waals surface area contributed by atoms with E-state index in [-0.39, 0.29) is 6.04 Å². The highest BCUT2D eigenvalue weighted by Gasteiger charge is 2.36. The Morgan fingerprint density at radius 1 is 1.30 bits per heavy atom. The number of nitrogens with zero attached hydrogens (tertiary/aromatic N) is 2. The quantitative estimate of drug-likeness (QED) is 0.725. The molecule has 6 nitrogen and oxygen atoms in total. The summed E-state index contributed by atoms with van der Waals surface area (Å²) in [5.74, 6) is -0.787. The molecule has 1 aliphatic rings. The average Bonchev–Trinajstić information content (AvgIpc) is 2.52. The molecule has 0 saturated heterocycles. The summed E-state index contributed by atoms with van der Waals surface area (Å²) >= 11 is 0. The van der Waals surface area contributed by atoms with Crippen LogP contribution < -0.4 is 5.32 Å². The minimum atomic E-state index is -0.894. The number of hydrogen-bond donors (Lipinski definition) is 1. The van der Waals surface area contributed by atoms with Crippen molar-refractivity contribution in [3.63, 3.8) is 0 Å². The Labute approximate surface area is 139 Å². The molecule has 0 bridgehead atoms. The number of carbonyl (C=O) groups is 2. The summed E-state index contributed by atoms with van der Waals surface area (Å²) in [7, 11) is 3.64. The summed E-state index contributed by atoms with van der Waals surface area (Å²) < 4.78 is 5.32. The third kappa shape index (κ3) is 5.51. The van der Waals surface area contributed by atoms with Crippen LogP contribution in [0.25, 0.3) is 0 Å². The number of carbonyl (C=O) groups excluding carboxylic acids is 2. The van der Waals surface area contributed by atoms with Crippen molar-refractivity contribution in [1.29, 1.82) is 5.26 Å². The van der Waals surface area contributed by atoms with Crippen molar-refractivity contribution in [3.8, 4) is 6.07 Å². The highest BCUT2D eigenvalue weighted by Crippen LogP contribution is 2.27. The molecule has 0 heterocycles. The van der Waals surface area contributed by atoms with E-state index in [1.54, 1.807) is 11.8 Å². The SMILES string of the molecule is CCC[C@@H](C(=O)O[C@H](C)C(=O)NC1(C#N)CCCCC1)N(C)C. The summed E-state index contributed by atoms with van der Waals surface area (Å²) in [4.78, 5) is 26.3. The van der Waals surface area contributed by atoms with Crippen molar-refractivity contribution in [2.24, 2.45) is 0 Å². The zero-order valence-electron chi connectivity index (χ0n) is 14.7. The number of nitriles is 1. The zero-order chi connectivity index (χ0) is 17.5. The van der Waals surface area contributed by atoms with Gasteiger partial charge >= 0.3 is 5.97 Å². The molecule has 1 N–H and O–H groups in total. The van der Waals surface area contributed by atoms with Crippen molar-refractivity contribution in [3.05, 3.63) is 0 Å². The molecule has 0 spiro atoms. The number of amides is 1. The van der Waals surface area contributed by atoms with Crippen molar-refractivity contribution in [2.75, 3.05) is 14.1 Å². The van der Waals surface area contributed by atoms with Crippen LogP contribution in [0.5, 0.6) is 0 Å². The van der Waals surface area contributed by atoms with Crippen LogP contribution in [0.1, 0.15) is 58.8 Å². The van der Waals surface area contributed by atoms with Crippen LogP contribution >= 0.6 is 0 Å². The van der Waals surface area contributed by atoms with E-state index in [0.29, 0.717) is 19.3 Å². The lowest BCUT2D eigenvalue weighted by Gasteiger charge is -2.32. The first kappa shape index (κ1) is 19.4. The van der Waals surface area contributed by atoms with Gasteiger partial charge in [0.05, 0.1) is 6.07 Å². The maximum absolute atomic E-state index is 12.3. The highest BCUT2D eigenvalue weighted by atomic mass is 16.5. The molecule has 130 valence electrons. The number of hydrogen-bond acceptors (Lipinski definition) is 5. The second-order valence-corrected chi connectivity index (χ2v) is 6.59. The van der Waals surface area contributed by atoms with E-state index in [2.05, 4.69) is 11.4 Å². The molecule has 0 aromatic carbocycles. The molecule has 1 amide bonds. The second-order valence-electron chi connectivity index (χ2n) is 6.59. The molecule has 0 radical (unpaired) electrons. The van der Waals surface area contributed by atoms with E-state index >= 15 is 0 Å². The molecular weight excluding hydrogens is 294 g/mol. The van der Waals surface area contributed by atoms with Gasteiger partial charge in [0.2, 0.25) is 0 Å². The molecule has 1 aliphatic carbocycles. The van der Waals surface area contributed by atoms with Crippen molar-refractivity contribution in [2.45, 2.75) is 76.5 Å². The fraction of sp³-hybridized carbons (Fsp3) is 0.824. The van der Waals surface area contributed by atoms with Gasteiger partial charge in [0, 0.05) is 0 Å². The standard InChI is InChI=1S/C17H29N3O3/c1-5-9-14(20(3)4)16(22)23-13(2)15(21)19-17(12-18)10-7-6-8-11-17/h13-14H,5-11H2,1-4H3,(H,19,21)/t13-,14+/m1/s1. The van der Waals surface area contributed by atoms with Crippen molar-refractivity contribution in [1.82, 2.24) is 10.2 Å². The van der Waals surface area contributed by atoms with Crippen LogP contribution in [-0.2, 0) is 14.3 Å². The van der Waals surface area contributed by atoms with Gasteiger partial charge < -0.3 is 10.1 Å². The lowest BCUT2D eigenvalue weighted by molar-refractivity contribution is -0.160. The van der Waals surface area contributed by atoms with E-state index in [4.69, 9.17) is 4.74 Å². The maximum Gasteiger partial charge on any atom is 0.324 e. The molecule has 1 rings (SSSR count). The summed E-state index contributed by atoms with van der Waals surface area (Å²) in [6.07, 6.45) is 4.92. The first-order valence-corrected chi connectivity index (χ1v) is 8.45. The Bertz CT molecular complexity index is 450. The Balaban J connectivity index is 2.62. The molecule has 23 heavy (non-hydrogen) atoms. The van der Waals surface area contributed by atoms with Crippen molar-refractivity contribution < 1.29 is 14.3 Å². The molecule has 6 heteroatoms. The van der Waals surface area contributed by atoms with Gasteiger partial charge in [-0.3, -0.25) is 14.5 Å². The van der Waals surface area contributed by atoms with E-state index < -0.39 is 23.5 Å². The van der Waals surface area contributed by atoms with Crippen LogP contribution in [-0.4, -0.2) is 48.6 Å². The maximum atomic E-state index is 12.3. The van der Waals surface area contributed by atoms with E-state index in [1.165, 1.54) is 0 Å². The fourth-order valence-corrected chi connectivity index (χ4v) is 2.92. The van der Waals surface area contributed by atoms with Gasteiger partial charge in [0.1, 0.15) is 11.6 Å². The third-order valence-electron chi connectivity index (χ3n) is 4.40. The number of esters is 1. The molecule has 0 unspecified atom stereocenters. The Morgan fingerprint density at radius 2 is 1.91 bits per heavy atom. The lowest BCUT2D eigenvalue weighted by Crippen LogP contribution is -2.52. The summed E-state index contributed by atoms with van der Waals surface area (Å²) in [5, 5.41) is 12.2.